The summed E-state index contributed by atoms with van der Waals surface area (Å²) in [6, 6.07) is 12.3. The molecule has 0 unspecified atom stereocenters. The van der Waals surface area contributed by atoms with Gasteiger partial charge in [-0.1, -0.05) is 48.4 Å². The highest BCUT2D eigenvalue weighted by atomic mass is 32.2. The molecule has 7 nitrogen and oxygen atoms in total. The third-order valence-electron chi connectivity index (χ3n) is 3.70. The smallest absolute Gasteiger partial charge is 0.335 e. The predicted molar refractivity (Wildman–Crippen MR) is 96.7 cm³/mol. The molecule has 1 amide bonds. The highest BCUT2D eigenvalue weighted by Crippen LogP contribution is 2.21. The Balaban J connectivity index is 1.88. The molecule has 3 aromatic rings. The fourth-order valence-corrected chi connectivity index (χ4v) is 3.55. The van der Waals surface area contributed by atoms with E-state index in [2.05, 4.69) is 15.5 Å². The number of carbonyl (C=O) groups is 1. The minimum absolute atomic E-state index is 0.0609. The average molecular weight is 391 g/mol. The monoisotopic (exact) mass is 391 g/mol. The lowest BCUT2D eigenvalue weighted by Gasteiger charge is -2.15. The molecule has 2 aromatic heterocycles. The van der Waals surface area contributed by atoms with Crippen LogP contribution in [0.4, 0.5) is 0 Å². The standard InChI is InChI=1S/C17H17N3O4S2/c1-2-26(22,23)17-20-19-16(24-17)13(11-12-7-4-3-5-8-12)18-15(21)14-9-6-10-25-14/h3-10,13H,2,11H2,1H3,(H,18,21)/t13-/m0/s1. The molecular weight excluding hydrogens is 374 g/mol. The van der Waals surface area contributed by atoms with Gasteiger partial charge in [0.1, 0.15) is 6.04 Å². The second kappa shape index (κ2) is 7.79. The summed E-state index contributed by atoms with van der Waals surface area (Å²) in [5.74, 6) is -0.357. The SMILES string of the molecule is CCS(=O)(=O)c1nnc([C@H](Cc2ccccc2)NC(=O)c2cccs2)o1. The molecule has 0 aliphatic carbocycles. The fourth-order valence-electron chi connectivity index (χ4n) is 2.30. The number of hydrogen-bond acceptors (Lipinski definition) is 7. The summed E-state index contributed by atoms with van der Waals surface area (Å²) >= 11 is 1.31. The molecule has 26 heavy (non-hydrogen) atoms. The van der Waals surface area contributed by atoms with Crippen LogP contribution in [0.15, 0.2) is 57.5 Å². The van der Waals surface area contributed by atoms with E-state index in [1.165, 1.54) is 18.3 Å². The van der Waals surface area contributed by atoms with Gasteiger partial charge in [0.2, 0.25) is 15.7 Å². The first-order valence-corrected chi connectivity index (χ1v) is 10.5. The number of thiophene rings is 1. The zero-order valence-electron chi connectivity index (χ0n) is 14.0. The number of carbonyl (C=O) groups excluding carboxylic acids is 1. The Bertz CT molecular complexity index is 967. The quantitative estimate of drug-likeness (QED) is 0.664. The van der Waals surface area contributed by atoms with E-state index in [0.29, 0.717) is 11.3 Å². The van der Waals surface area contributed by atoms with E-state index >= 15 is 0 Å². The molecule has 1 N–H and O–H groups in total. The van der Waals surface area contributed by atoms with Crippen molar-refractivity contribution >= 4 is 27.1 Å². The molecule has 0 bridgehead atoms. The normalized spacial score (nSPS) is 12.7. The lowest BCUT2D eigenvalue weighted by Crippen LogP contribution is -2.29. The van der Waals surface area contributed by atoms with Gasteiger partial charge in [-0.05, 0) is 17.0 Å². The molecule has 136 valence electrons. The summed E-state index contributed by atoms with van der Waals surface area (Å²) in [6.45, 7) is 1.50. The molecule has 1 aromatic carbocycles. The number of nitrogens with one attached hydrogen (secondary N) is 1. The highest BCUT2D eigenvalue weighted by molar-refractivity contribution is 7.91. The molecular formula is C17H17N3O4S2. The maximum Gasteiger partial charge on any atom is 0.335 e. The molecule has 0 saturated heterocycles. The fraction of sp³-hybridized carbons (Fsp3) is 0.235. The van der Waals surface area contributed by atoms with Crippen LogP contribution < -0.4 is 5.32 Å². The van der Waals surface area contributed by atoms with E-state index in [4.69, 9.17) is 4.42 Å². The summed E-state index contributed by atoms with van der Waals surface area (Å²) in [6.07, 6.45) is 0.395. The first-order valence-electron chi connectivity index (χ1n) is 7.94. The van der Waals surface area contributed by atoms with Crippen LogP contribution >= 0.6 is 11.3 Å². The first-order chi connectivity index (χ1) is 12.5. The van der Waals surface area contributed by atoms with Crippen molar-refractivity contribution in [2.75, 3.05) is 5.75 Å². The second-order valence-electron chi connectivity index (χ2n) is 5.50. The number of hydrogen-bond donors (Lipinski definition) is 1. The molecule has 0 radical (unpaired) electrons. The number of nitrogens with zero attached hydrogens (tertiary/aromatic N) is 2. The van der Waals surface area contributed by atoms with Gasteiger partial charge in [0.15, 0.2) is 0 Å². The van der Waals surface area contributed by atoms with Crippen molar-refractivity contribution in [3.63, 3.8) is 0 Å². The van der Waals surface area contributed by atoms with Gasteiger partial charge in [-0.15, -0.1) is 16.4 Å². The van der Waals surface area contributed by atoms with Gasteiger partial charge in [0.05, 0.1) is 10.6 Å². The van der Waals surface area contributed by atoms with Crippen LogP contribution in [0, 0.1) is 0 Å². The Morgan fingerprint density at radius 2 is 1.96 bits per heavy atom. The van der Waals surface area contributed by atoms with Crippen LogP contribution in [0.25, 0.3) is 0 Å². The number of amides is 1. The largest absolute Gasteiger partial charge is 0.410 e. The molecule has 0 aliphatic heterocycles. The third kappa shape index (κ3) is 4.17. The van der Waals surface area contributed by atoms with E-state index in [1.807, 2.05) is 30.3 Å². The topological polar surface area (TPSA) is 102 Å². The summed E-state index contributed by atoms with van der Waals surface area (Å²) < 4.78 is 29.2. The molecule has 1 atom stereocenters. The van der Waals surface area contributed by atoms with E-state index in [-0.39, 0.29) is 17.6 Å². The molecule has 3 rings (SSSR count). The van der Waals surface area contributed by atoms with Gasteiger partial charge in [-0.3, -0.25) is 4.79 Å². The number of benzene rings is 1. The van der Waals surface area contributed by atoms with Crippen LogP contribution in [0.1, 0.15) is 34.1 Å². The van der Waals surface area contributed by atoms with Gasteiger partial charge in [0, 0.05) is 6.42 Å². The zero-order valence-corrected chi connectivity index (χ0v) is 15.6. The molecule has 0 spiro atoms. The molecule has 9 heteroatoms. The molecule has 0 aliphatic rings. The van der Waals surface area contributed by atoms with Crippen molar-refractivity contribution in [1.82, 2.24) is 15.5 Å². The van der Waals surface area contributed by atoms with Crippen molar-refractivity contribution < 1.29 is 17.6 Å². The average Bonchev–Trinajstić information content (AvgIpc) is 3.34. The van der Waals surface area contributed by atoms with Gasteiger partial charge in [-0.25, -0.2) is 8.42 Å². The number of sulfone groups is 1. The Morgan fingerprint density at radius 1 is 1.19 bits per heavy atom. The van der Waals surface area contributed by atoms with E-state index in [0.717, 1.165) is 5.56 Å². The third-order valence-corrected chi connectivity index (χ3v) is 6.03. The summed E-state index contributed by atoms with van der Waals surface area (Å²) in [4.78, 5) is 13.0. The van der Waals surface area contributed by atoms with Gasteiger partial charge < -0.3 is 9.73 Å². The first kappa shape index (κ1) is 18.3. The van der Waals surface area contributed by atoms with Crippen molar-refractivity contribution in [2.45, 2.75) is 24.6 Å². The van der Waals surface area contributed by atoms with E-state index in [1.54, 1.807) is 17.5 Å². The lowest BCUT2D eigenvalue weighted by atomic mass is 10.1. The molecule has 0 saturated carbocycles. The minimum Gasteiger partial charge on any atom is -0.410 e. The summed E-state index contributed by atoms with van der Waals surface area (Å²) in [5.41, 5.74) is 0.946. The van der Waals surface area contributed by atoms with Gasteiger partial charge in [0.25, 0.3) is 5.91 Å². The van der Waals surface area contributed by atoms with Crippen LogP contribution in [0.5, 0.6) is 0 Å². The Hall–Kier alpha value is -2.52. The van der Waals surface area contributed by atoms with E-state index in [9.17, 15) is 13.2 Å². The molecule has 2 heterocycles. The van der Waals surface area contributed by atoms with Crippen molar-refractivity contribution in [2.24, 2.45) is 0 Å². The summed E-state index contributed by atoms with van der Waals surface area (Å²) in [5, 5.41) is 11.7. The Labute approximate surface area is 155 Å². The molecule has 0 fully saturated rings. The maximum absolute atomic E-state index is 12.4. The van der Waals surface area contributed by atoms with Crippen molar-refractivity contribution in [1.29, 1.82) is 0 Å². The maximum atomic E-state index is 12.4. The van der Waals surface area contributed by atoms with Crippen LogP contribution in [0.2, 0.25) is 0 Å². The van der Waals surface area contributed by atoms with Gasteiger partial charge in [-0.2, -0.15) is 0 Å². The predicted octanol–water partition coefficient (Wildman–Crippen LogP) is 2.64. The van der Waals surface area contributed by atoms with E-state index < -0.39 is 21.1 Å². The number of rotatable bonds is 7. The van der Waals surface area contributed by atoms with Crippen LogP contribution in [-0.2, 0) is 16.3 Å². The second-order valence-corrected chi connectivity index (χ2v) is 8.61. The zero-order chi connectivity index (χ0) is 18.6. The Kier molecular flexibility index (Phi) is 5.48. The lowest BCUT2D eigenvalue weighted by molar-refractivity contribution is 0.0933. The van der Waals surface area contributed by atoms with Crippen LogP contribution in [0.3, 0.4) is 0 Å². The Morgan fingerprint density at radius 3 is 2.62 bits per heavy atom. The highest BCUT2D eigenvalue weighted by Gasteiger charge is 2.26. The number of aromatic nitrogens is 2. The van der Waals surface area contributed by atoms with Crippen molar-refractivity contribution in [3.05, 3.63) is 64.2 Å². The van der Waals surface area contributed by atoms with Crippen molar-refractivity contribution in [3.8, 4) is 0 Å². The van der Waals surface area contributed by atoms with Gasteiger partial charge >= 0.3 is 5.22 Å². The summed E-state index contributed by atoms with van der Waals surface area (Å²) in [7, 11) is -3.61. The van der Waals surface area contributed by atoms with Crippen LogP contribution in [-0.4, -0.2) is 30.3 Å². The minimum atomic E-state index is -3.61.